The normalized spacial score (nSPS) is 12.9. The Kier molecular flexibility index (Phi) is 5.08. The van der Waals surface area contributed by atoms with E-state index in [9.17, 15) is 17.2 Å². The lowest BCUT2D eigenvalue weighted by Crippen LogP contribution is -2.31. The molecule has 0 spiro atoms. The zero-order chi connectivity index (χ0) is 18.9. The summed E-state index contributed by atoms with van der Waals surface area (Å²) in [6.45, 7) is 0. The Balaban J connectivity index is 2.03. The molecule has 1 N–H and O–H groups in total. The number of imidazole rings is 1. The van der Waals surface area contributed by atoms with E-state index < -0.39 is 27.7 Å². The number of sulfonamides is 1. The van der Waals surface area contributed by atoms with Gasteiger partial charge in [0.25, 0.3) is 0 Å². The molecule has 0 bridgehead atoms. The topological polar surface area (TPSA) is 64.0 Å². The lowest BCUT2D eigenvalue weighted by molar-refractivity contribution is 0.561. The molecule has 0 fully saturated rings. The van der Waals surface area contributed by atoms with Crippen LogP contribution in [0.2, 0.25) is 5.02 Å². The minimum absolute atomic E-state index is 0.190. The van der Waals surface area contributed by atoms with Gasteiger partial charge < -0.3 is 4.57 Å². The summed E-state index contributed by atoms with van der Waals surface area (Å²) in [6.07, 6.45) is 3.18. The first-order valence-electron chi connectivity index (χ1n) is 7.48. The third-order valence-electron chi connectivity index (χ3n) is 3.79. The number of hydrogen-bond acceptors (Lipinski definition) is 3. The van der Waals surface area contributed by atoms with Crippen molar-refractivity contribution in [1.29, 1.82) is 0 Å². The largest absolute Gasteiger partial charge is 0.336 e. The van der Waals surface area contributed by atoms with E-state index in [2.05, 4.69) is 9.71 Å². The zero-order valence-corrected chi connectivity index (χ0v) is 15.1. The van der Waals surface area contributed by atoms with Crippen LogP contribution in [-0.4, -0.2) is 18.0 Å². The molecule has 1 aromatic heterocycles. The molecular weight excluding hydrogens is 384 g/mol. The molecule has 0 amide bonds. The summed E-state index contributed by atoms with van der Waals surface area (Å²) >= 11 is 5.69. The fraction of sp³-hybridized carbons (Fsp3) is 0.118. The van der Waals surface area contributed by atoms with Crippen LogP contribution in [-0.2, 0) is 17.1 Å². The highest BCUT2D eigenvalue weighted by Crippen LogP contribution is 2.25. The number of nitrogens with one attached hydrogen (secondary N) is 1. The minimum Gasteiger partial charge on any atom is -0.336 e. The predicted molar refractivity (Wildman–Crippen MR) is 93.2 cm³/mol. The molecule has 0 aliphatic rings. The standard InChI is InChI=1S/C17H14ClF2N3O2S/c1-23-9-8-21-17(23)16(11-2-4-12(19)5-3-11)22-26(24,25)13-6-7-15(20)14(18)10-13/h2-10,16,22H,1H3/t16-/m0/s1. The number of aromatic nitrogens is 2. The first-order chi connectivity index (χ1) is 12.3. The Labute approximate surface area is 154 Å². The Morgan fingerprint density at radius 1 is 1.15 bits per heavy atom. The highest BCUT2D eigenvalue weighted by molar-refractivity contribution is 7.89. The summed E-state index contributed by atoms with van der Waals surface area (Å²) < 4.78 is 56.2. The Morgan fingerprint density at radius 2 is 1.85 bits per heavy atom. The number of benzene rings is 2. The molecule has 5 nitrogen and oxygen atoms in total. The van der Waals surface area contributed by atoms with Gasteiger partial charge >= 0.3 is 0 Å². The average molecular weight is 398 g/mol. The molecule has 1 heterocycles. The third-order valence-corrected chi connectivity index (χ3v) is 5.50. The average Bonchev–Trinajstić information content (AvgIpc) is 3.02. The summed E-state index contributed by atoms with van der Waals surface area (Å²) in [5.41, 5.74) is 0.498. The molecule has 0 unspecified atom stereocenters. The number of aryl methyl sites for hydroxylation is 1. The minimum atomic E-state index is -4.05. The molecule has 0 saturated heterocycles. The van der Waals surface area contributed by atoms with Crippen molar-refractivity contribution in [3.05, 3.63) is 82.9 Å². The van der Waals surface area contributed by atoms with Crippen molar-refractivity contribution in [3.8, 4) is 0 Å². The van der Waals surface area contributed by atoms with Crippen molar-refractivity contribution >= 4 is 21.6 Å². The SMILES string of the molecule is Cn1ccnc1[C@@H](NS(=O)(=O)c1ccc(F)c(Cl)c1)c1ccc(F)cc1. The van der Waals surface area contributed by atoms with Crippen LogP contribution >= 0.6 is 11.6 Å². The molecule has 9 heteroatoms. The number of nitrogens with zero attached hydrogens (tertiary/aromatic N) is 2. The summed E-state index contributed by atoms with van der Waals surface area (Å²) in [6, 6.07) is 7.64. The quantitative estimate of drug-likeness (QED) is 0.717. The highest BCUT2D eigenvalue weighted by Gasteiger charge is 2.26. The second kappa shape index (κ2) is 7.14. The van der Waals surface area contributed by atoms with E-state index in [1.165, 1.54) is 30.5 Å². The second-order valence-corrected chi connectivity index (χ2v) is 7.70. The fourth-order valence-electron chi connectivity index (χ4n) is 2.45. The van der Waals surface area contributed by atoms with E-state index in [1.54, 1.807) is 17.8 Å². The van der Waals surface area contributed by atoms with Gasteiger partial charge in [0, 0.05) is 19.4 Å². The Bertz CT molecular complexity index is 1040. The molecule has 3 rings (SSSR count). The maximum atomic E-state index is 13.3. The lowest BCUT2D eigenvalue weighted by Gasteiger charge is -2.19. The Hall–Kier alpha value is -2.29. The number of hydrogen-bond donors (Lipinski definition) is 1. The highest BCUT2D eigenvalue weighted by atomic mass is 35.5. The van der Waals surface area contributed by atoms with Gasteiger partial charge in [0.15, 0.2) is 0 Å². The molecule has 2 aromatic carbocycles. The molecule has 0 saturated carbocycles. The van der Waals surface area contributed by atoms with Gasteiger partial charge in [0.2, 0.25) is 10.0 Å². The van der Waals surface area contributed by atoms with Crippen molar-refractivity contribution in [2.75, 3.05) is 0 Å². The van der Waals surface area contributed by atoms with E-state index in [0.29, 0.717) is 11.4 Å². The molecule has 1 atom stereocenters. The number of rotatable bonds is 5. The first-order valence-corrected chi connectivity index (χ1v) is 9.34. The van der Waals surface area contributed by atoms with Gasteiger partial charge in [0.05, 0.1) is 9.92 Å². The van der Waals surface area contributed by atoms with Crippen molar-refractivity contribution < 1.29 is 17.2 Å². The van der Waals surface area contributed by atoms with Crippen molar-refractivity contribution in [2.45, 2.75) is 10.9 Å². The molecule has 3 aromatic rings. The van der Waals surface area contributed by atoms with Crippen LogP contribution < -0.4 is 4.72 Å². The van der Waals surface area contributed by atoms with Crippen molar-refractivity contribution in [1.82, 2.24) is 14.3 Å². The molecule has 0 radical (unpaired) electrons. The summed E-state index contributed by atoms with van der Waals surface area (Å²) in [5.74, 6) is -0.751. The smallest absolute Gasteiger partial charge is 0.241 e. The predicted octanol–water partition coefficient (Wildman–Crippen LogP) is 3.42. The third kappa shape index (κ3) is 3.77. The van der Waals surface area contributed by atoms with Gasteiger partial charge in [-0.05, 0) is 35.9 Å². The van der Waals surface area contributed by atoms with Crippen molar-refractivity contribution in [2.24, 2.45) is 7.05 Å². The van der Waals surface area contributed by atoms with E-state index in [1.807, 2.05) is 0 Å². The van der Waals surface area contributed by atoms with Crippen molar-refractivity contribution in [3.63, 3.8) is 0 Å². The van der Waals surface area contributed by atoms with E-state index in [4.69, 9.17) is 11.6 Å². The van der Waals surface area contributed by atoms with Crippen LogP contribution in [0.3, 0.4) is 0 Å². The van der Waals surface area contributed by atoms with Crippen LogP contribution in [0.4, 0.5) is 8.78 Å². The van der Waals surface area contributed by atoms with Gasteiger partial charge in [-0.3, -0.25) is 0 Å². The van der Waals surface area contributed by atoms with E-state index >= 15 is 0 Å². The number of halogens is 3. The maximum absolute atomic E-state index is 13.3. The van der Waals surface area contributed by atoms with Gasteiger partial charge in [0.1, 0.15) is 23.5 Å². The van der Waals surface area contributed by atoms with Crippen LogP contribution in [0.1, 0.15) is 17.4 Å². The zero-order valence-electron chi connectivity index (χ0n) is 13.5. The summed E-state index contributed by atoms with van der Waals surface area (Å²) in [4.78, 5) is 3.99. The Morgan fingerprint density at radius 3 is 2.42 bits per heavy atom. The van der Waals surface area contributed by atoms with Crippen LogP contribution in [0.25, 0.3) is 0 Å². The van der Waals surface area contributed by atoms with Crippen LogP contribution in [0.5, 0.6) is 0 Å². The monoisotopic (exact) mass is 397 g/mol. The van der Waals surface area contributed by atoms with Crippen LogP contribution in [0, 0.1) is 11.6 Å². The van der Waals surface area contributed by atoms with Crippen LogP contribution in [0.15, 0.2) is 59.8 Å². The van der Waals surface area contributed by atoms with Gasteiger partial charge in [-0.2, -0.15) is 4.72 Å². The molecule has 136 valence electrons. The summed E-state index contributed by atoms with van der Waals surface area (Å²) in [7, 11) is -2.34. The first kappa shape index (κ1) is 18.5. The molecule has 0 aliphatic heterocycles. The molecule has 0 aliphatic carbocycles. The van der Waals surface area contributed by atoms with E-state index in [0.717, 1.165) is 18.2 Å². The van der Waals surface area contributed by atoms with Gasteiger partial charge in [-0.1, -0.05) is 23.7 Å². The molecule has 26 heavy (non-hydrogen) atoms. The molecular formula is C17H14ClF2N3O2S. The van der Waals surface area contributed by atoms with Gasteiger partial charge in [-0.15, -0.1) is 0 Å². The van der Waals surface area contributed by atoms with E-state index in [-0.39, 0.29) is 9.92 Å². The summed E-state index contributed by atoms with van der Waals surface area (Å²) in [5, 5.41) is -0.303. The second-order valence-electron chi connectivity index (χ2n) is 5.58. The fourth-order valence-corrected chi connectivity index (χ4v) is 3.90. The van der Waals surface area contributed by atoms with Gasteiger partial charge in [-0.25, -0.2) is 22.2 Å². The lowest BCUT2D eigenvalue weighted by atomic mass is 10.1. The maximum Gasteiger partial charge on any atom is 0.241 e.